The SMILES string of the molecule is O=C(N[C@@H]1CCCC[C@H]1C(=O)O)c1cccs1. The van der Waals surface area contributed by atoms with Crippen molar-refractivity contribution in [2.45, 2.75) is 31.7 Å². The quantitative estimate of drug-likeness (QED) is 0.867. The molecule has 0 spiro atoms. The molecule has 0 aromatic carbocycles. The summed E-state index contributed by atoms with van der Waals surface area (Å²) in [4.78, 5) is 23.6. The number of carboxylic acid groups (broad SMARTS) is 1. The van der Waals surface area contributed by atoms with Crippen molar-refractivity contribution in [1.29, 1.82) is 0 Å². The molecule has 1 amide bonds. The fourth-order valence-corrected chi connectivity index (χ4v) is 2.87. The van der Waals surface area contributed by atoms with Crippen LogP contribution in [0, 0.1) is 5.92 Å². The summed E-state index contributed by atoms with van der Waals surface area (Å²) in [7, 11) is 0. The summed E-state index contributed by atoms with van der Waals surface area (Å²) in [6.45, 7) is 0. The van der Waals surface area contributed by atoms with Crippen LogP contribution < -0.4 is 5.32 Å². The van der Waals surface area contributed by atoms with E-state index in [0.717, 1.165) is 19.3 Å². The van der Waals surface area contributed by atoms with Gasteiger partial charge in [-0.3, -0.25) is 9.59 Å². The van der Waals surface area contributed by atoms with Gasteiger partial charge in [-0.2, -0.15) is 0 Å². The summed E-state index contributed by atoms with van der Waals surface area (Å²) < 4.78 is 0. The fraction of sp³-hybridized carbons (Fsp3) is 0.500. The van der Waals surface area contributed by atoms with E-state index in [1.165, 1.54) is 11.3 Å². The molecule has 0 bridgehead atoms. The summed E-state index contributed by atoms with van der Waals surface area (Å²) in [6.07, 6.45) is 3.33. The smallest absolute Gasteiger partial charge is 0.308 e. The molecule has 4 nitrogen and oxygen atoms in total. The monoisotopic (exact) mass is 253 g/mol. The van der Waals surface area contributed by atoms with Gasteiger partial charge in [0.05, 0.1) is 10.8 Å². The van der Waals surface area contributed by atoms with Gasteiger partial charge < -0.3 is 10.4 Å². The maximum absolute atomic E-state index is 11.8. The third-order valence-electron chi connectivity index (χ3n) is 3.14. The van der Waals surface area contributed by atoms with Crippen molar-refractivity contribution in [3.05, 3.63) is 22.4 Å². The van der Waals surface area contributed by atoms with Gasteiger partial charge in [0.1, 0.15) is 0 Å². The predicted molar refractivity (Wildman–Crippen MR) is 65.2 cm³/mol. The predicted octanol–water partition coefficient (Wildman–Crippen LogP) is 2.12. The molecule has 17 heavy (non-hydrogen) atoms. The molecule has 0 radical (unpaired) electrons. The van der Waals surface area contributed by atoms with Crippen LogP contribution in [0.15, 0.2) is 17.5 Å². The molecule has 1 aliphatic carbocycles. The van der Waals surface area contributed by atoms with Crippen LogP contribution in [0.4, 0.5) is 0 Å². The fourth-order valence-electron chi connectivity index (χ4n) is 2.25. The van der Waals surface area contributed by atoms with Crippen LogP contribution in [0.25, 0.3) is 0 Å². The highest BCUT2D eigenvalue weighted by Gasteiger charge is 2.31. The summed E-state index contributed by atoms with van der Waals surface area (Å²) in [5.74, 6) is -1.40. The van der Waals surface area contributed by atoms with Gasteiger partial charge in [-0.1, -0.05) is 18.9 Å². The zero-order chi connectivity index (χ0) is 12.3. The Hall–Kier alpha value is -1.36. The van der Waals surface area contributed by atoms with Gasteiger partial charge in [0, 0.05) is 6.04 Å². The minimum absolute atomic E-state index is 0.154. The second kappa shape index (κ2) is 5.31. The van der Waals surface area contributed by atoms with Gasteiger partial charge in [-0.25, -0.2) is 0 Å². The zero-order valence-corrected chi connectivity index (χ0v) is 10.2. The number of hydrogen-bond donors (Lipinski definition) is 2. The molecular formula is C12H15NO3S. The normalized spacial score (nSPS) is 24.2. The first-order chi connectivity index (χ1) is 8.18. The lowest BCUT2D eigenvalue weighted by atomic mass is 9.84. The lowest BCUT2D eigenvalue weighted by Gasteiger charge is -2.29. The number of carbonyl (C=O) groups excluding carboxylic acids is 1. The van der Waals surface area contributed by atoms with E-state index in [-0.39, 0.29) is 11.9 Å². The summed E-state index contributed by atoms with van der Waals surface area (Å²) in [6, 6.07) is 3.34. The Bertz CT molecular complexity index is 402. The van der Waals surface area contributed by atoms with Gasteiger partial charge >= 0.3 is 5.97 Å². The highest BCUT2D eigenvalue weighted by Crippen LogP contribution is 2.25. The molecule has 1 fully saturated rings. The van der Waals surface area contributed by atoms with E-state index in [1.54, 1.807) is 6.07 Å². The average molecular weight is 253 g/mol. The Morgan fingerprint density at radius 1 is 1.35 bits per heavy atom. The van der Waals surface area contributed by atoms with Crippen LogP contribution in [0.3, 0.4) is 0 Å². The van der Waals surface area contributed by atoms with Gasteiger partial charge in [-0.05, 0) is 24.3 Å². The second-order valence-electron chi connectivity index (χ2n) is 4.29. The van der Waals surface area contributed by atoms with E-state index in [0.29, 0.717) is 11.3 Å². The Morgan fingerprint density at radius 2 is 2.12 bits per heavy atom. The maximum Gasteiger partial charge on any atom is 0.308 e. The first-order valence-corrected chi connectivity index (χ1v) is 6.63. The first kappa shape index (κ1) is 12.1. The molecule has 1 heterocycles. The van der Waals surface area contributed by atoms with Gasteiger partial charge in [0.25, 0.3) is 5.91 Å². The standard InChI is InChI=1S/C12H15NO3S/c14-11(10-6-3-7-17-10)13-9-5-2-1-4-8(9)12(15)16/h3,6-9H,1-2,4-5H2,(H,13,14)(H,15,16)/t8-,9-/m1/s1. The molecule has 0 unspecified atom stereocenters. The third-order valence-corrected chi connectivity index (χ3v) is 4.01. The maximum atomic E-state index is 11.8. The van der Waals surface area contributed by atoms with Gasteiger partial charge in [0.2, 0.25) is 0 Å². The molecular weight excluding hydrogens is 238 g/mol. The lowest BCUT2D eigenvalue weighted by Crippen LogP contribution is -2.44. The van der Waals surface area contributed by atoms with E-state index in [9.17, 15) is 9.59 Å². The number of rotatable bonds is 3. The van der Waals surface area contributed by atoms with Crippen molar-refractivity contribution in [2.75, 3.05) is 0 Å². The molecule has 1 aromatic rings. The molecule has 2 atom stereocenters. The molecule has 1 saturated carbocycles. The van der Waals surface area contributed by atoms with E-state index < -0.39 is 11.9 Å². The molecule has 92 valence electrons. The van der Waals surface area contributed by atoms with Gasteiger partial charge in [0.15, 0.2) is 0 Å². The largest absolute Gasteiger partial charge is 0.481 e. The van der Waals surface area contributed by atoms with Crippen LogP contribution in [-0.4, -0.2) is 23.0 Å². The highest BCUT2D eigenvalue weighted by atomic mass is 32.1. The van der Waals surface area contributed by atoms with E-state index in [2.05, 4.69) is 5.32 Å². The summed E-state index contributed by atoms with van der Waals surface area (Å²) >= 11 is 1.37. The number of aliphatic carboxylic acids is 1. The van der Waals surface area contributed by atoms with Crippen LogP contribution in [0.1, 0.15) is 35.4 Å². The Kier molecular flexibility index (Phi) is 3.78. The van der Waals surface area contributed by atoms with Crippen LogP contribution in [0.5, 0.6) is 0 Å². The van der Waals surface area contributed by atoms with Crippen LogP contribution >= 0.6 is 11.3 Å². The Balaban J connectivity index is 2.01. The number of carbonyl (C=O) groups is 2. The minimum Gasteiger partial charge on any atom is -0.481 e. The highest BCUT2D eigenvalue weighted by molar-refractivity contribution is 7.12. The van der Waals surface area contributed by atoms with Crippen LogP contribution in [0.2, 0.25) is 0 Å². The molecule has 5 heteroatoms. The zero-order valence-electron chi connectivity index (χ0n) is 9.39. The van der Waals surface area contributed by atoms with Crippen molar-refractivity contribution in [1.82, 2.24) is 5.32 Å². The van der Waals surface area contributed by atoms with E-state index >= 15 is 0 Å². The first-order valence-electron chi connectivity index (χ1n) is 5.75. The van der Waals surface area contributed by atoms with Gasteiger partial charge in [-0.15, -0.1) is 11.3 Å². The number of nitrogens with one attached hydrogen (secondary N) is 1. The van der Waals surface area contributed by atoms with Crippen LogP contribution in [-0.2, 0) is 4.79 Å². The van der Waals surface area contributed by atoms with Crippen molar-refractivity contribution in [2.24, 2.45) is 5.92 Å². The molecule has 0 aliphatic heterocycles. The van der Waals surface area contributed by atoms with E-state index in [4.69, 9.17) is 5.11 Å². The Morgan fingerprint density at radius 3 is 2.76 bits per heavy atom. The topological polar surface area (TPSA) is 66.4 Å². The summed E-state index contributed by atoms with van der Waals surface area (Å²) in [5.41, 5.74) is 0. The average Bonchev–Trinajstić information content (AvgIpc) is 2.83. The van der Waals surface area contributed by atoms with Crippen molar-refractivity contribution in [3.8, 4) is 0 Å². The molecule has 0 saturated heterocycles. The molecule has 2 N–H and O–H groups in total. The minimum atomic E-state index is -0.804. The number of carboxylic acids is 1. The number of amides is 1. The number of thiophene rings is 1. The van der Waals surface area contributed by atoms with Crippen molar-refractivity contribution < 1.29 is 14.7 Å². The van der Waals surface area contributed by atoms with Crippen molar-refractivity contribution >= 4 is 23.2 Å². The van der Waals surface area contributed by atoms with E-state index in [1.807, 2.05) is 11.4 Å². The molecule has 1 aliphatic rings. The number of hydrogen-bond acceptors (Lipinski definition) is 3. The lowest BCUT2D eigenvalue weighted by molar-refractivity contribution is -0.143. The third kappa shape index (κ3) is 2.85. The second-order valence-corrected chi connectivity index (χ2v) is 5.23. The Labute approximate surface area is 104 Å². The molecule has 1 aromatic heterocycles. The molecule has 2 rings (SSSR count). The summed E-state index contributed by atoms with van der Waals surface area (Å²) in [5, 5.41) is 13.8. The van der Waals surface area contributed by atoms with Crippen molar-refractivity contribution in [3.63, 3.8) is 0 Å².